The molecule has 3 aromatic carbocycles. The fraction of sp³-hybridized carbons (Fsp3) is 0.125. The number of carbonyl (C=O) groups is 2. The van der Waals surface area contributed by atoms with Gasteiger partial charge in [-0.3, -0.25) is 4.79 Å². The molecule has 3 rings (SSSR count). The van der Waals surface area contributed by atoms with Gasteiger partial charge in [0.1, 0.15) is 23.0 Å². The Morgan fingerprint density at radius 1 is 0.939 bits per heavy atom. The van der Waals surface area contributed by atoms with E-state index in [1.54, 1.807) is 37.3 Å². The average Bonchev–Trinajstić information content (AvgIpc) is 2.78. The number of nitrogens with zero attached hydrogens (tertiary/aromatic N) is 1. The molecule has 0 bridgehead atoms. The van der Waals surface area contributed by atoms with Gasteiger partial charge in [0.25, 0.3) is 0 Å². The number of aliphatic carboxylic acids is 1. The lowest BCUT2D eigenvalue weighted by atomic mass is 10.1. The number of carbonyl (C=O) groups excluding carboxylic acids is 1. The van der Waals surface area contributed by atoms with Crippen molar-refractivity contribution in [3.63, 3.8) is 0 Å². The molecule has 0 atom stereocenters. The molecule has 0 aromatic heterocycles. The predicted octanol–water partition coefficient (Wildman–Crippen LogP) is 5.69. The average molecular weight is 486 g/mol. The molecule has 0 saturated heterocycles. The summed E-state index contributed by atoms with van der Waals surface area (Å²) in [5, 5.41) is 18.4. The van der Waals surface area contributed by atoms with E-state index in [1.165, 1.54) is 24.3 Å². The summed E-state index contributed by atoms with van der Waals surface area (Å²) in [6.45, 7) is 1.00. The summed E-state index contributed by atoms with van der Waals surface area (Å²) in [6, 6.07) is 15.9. The second-order valence-corrected chi connectivity index (χ2v) is 7.70. The number of nitriles is 1. The third-order valence-corrected chi connectivity index (χ3v) is 4.88. The highest BCUT2D eigenvalue weighted by atomic mass is 35.5. The highest BCUT2D eigenvalue weighted by Gasteiger charge is 2.12. The smallest absolute Gasteiger partial charge is 0.341 e. The van der Waals surface area contributed by atoms with Crippen LogP contribution in [0.5, 0.6) is 23.0 Å². The van der Waals surface area contributed by atoms with E-state index in [-0.39, 0.29) is 18.1 Å². The van der Waals surface area contributed by atoms with Gasteiger partial charge in [-0.1, -0.05) is 23.2 Å². The van der Waals surface area contributed by atoms with Gasteiger partial charge in [0.05, 0.1) is 16.7 Å². The van der Waals surface area contributed by atoms with E-state index >= 15 is 0 Å². The molecule has 0 saturated carbocycles. The molecule has 0 aliphatic rings. The maximum atomic E-state index is 12.5. The first-order valence-electron chi connectivity index (χ1n) is 9.54. The molecule has 0 amide bonds. The standard InChI is InChI=1S/C24H17Cl2NO6/c1-14-6-16(2-5-22(14)32-13-24(29)30)21(28)12-31-18-3-4-20(26)23(10-18)33-19-8-15(11-27)7-17(25)9-19/h2-10H,12-13H2,1H3,(H,29,30). The maximum absolute atomic E-state index is 12.5. The van der Waals surface area contributed by atoms with Gasteiger partial charge in [0, 0.05) is 16.7 Å². The molecule has 7 nitrogen and oxygen atoms in total. The van der Waals surface area contributed by atoms with Crippen molar-refractivity contribution >= 4 is 35.0 Å². The van der Waals surface area contributed by atoms with Gasteiger partial charge in [-0.05, 0) is 61.0 Å². The molecule has 0 aliphatic carbocycles. The van der Waals surface area contributed by atoms with Crippen LogP contribution in [0.15, 0.2) is 54.6 Å². The van der Waals surface area contributed by atoms with Gasteiger partial charge in [-0.15, -0.1) is 0 Å². The molecule has 3 aromatic rings. The van der Waals surface area contributed by atoms with Crippen LogP contribution in [-0.4, -0.2) is 30.1 Å². The maximum Gasteiger partial charge on any atom is 0.341 e. The van der Waals surface area contributed by atoms with Gasteiger partial charge in [0.2, 0.25) is 0 Å². The Morgan fingerprint density at radius 2 is 1.73 bits per heavy atom. The highest BCUT2D eigenvalue weighted by Crippen LogP contribution is 2.34. The van der Waals surface area contributed by atoms with E-state index < -0.39 is 12.6 Å². The third-order valence-electron chi connectivity index (χ3n) is 4.35. The van der Waals surface area contributed by atoms with E-state index in [9.17, 15) is 9.59 Å². The monoisotopic (exact) mass is 485 g/mol. The Hall–Kier alpha value is -3.73. The summed E-state index contributed by atoms with van der Waals surface area (Å²) in [7, 11) is 0. The number of benzene rings is 3. The summed E-state index contributed by atoms with van der Waals surface area (Å²) in [5.74, 6) is -0.0410. The first-order valence-corrected chi connectivity index (χ1v) is 10.3. The zero-order valence-electron chi connectivity index (χ0n) is 17.3. The molecule has 0 unspecified atom stereocenters. The molecular formula is C24H17Cl2NO6. The molecule has 0 heterocycles. The lowest BCUT2D eigenvalue weighted by Gasteiger charge is -2.12. The van der Waals surface area contributed by atoms with Crippen molar-refractivity contribution < 1.29 is 28.9 Å². The zero-order chi connectivity index (χ0) is 24.0. The van der Waals surface area contributed by atoms with Crippen LogP contribution < -0.4 is 14.2 Å². The zero-order valence-corrected chi connectivity index (χ0v) is 18.8. The second-order valence-electron chi connectivity index (χ2n) is 6.86. The number of aryl methyl sites for hydroxylation is 1. The lowest BCUT2D eigenvalue weighted by molar-refractivity contribution is -0.139. The van der Waals surface area contributed by atoms with Gasteiger partial charge in [-0.2, -0.15) is 5.26 Å². The number of rotatable bonds is 9. The molecule has 33 heavy (non-hydrogen) atoms. The van der Waals surface area contributed by atoms with Crippen LogP contribution in [0.2, 0.25) is 10.0 Å². The molecule has 9 heteroatoms. The number of ketones is 1. The molecule has 168 valence electrons. The van der Waals surface area contributed by atoms with Crippen molar-refractivity contribution in [3.05, 3.63) is 81.3 Å². The van der Waals surface area contributed by atoms with E-state index in [0.29, 0.717) is 44.0 Å². The largest absolute Gasteiger partial charge is 0.485 e. The molecular weight excluding hydrogens is 469 g/mol. The number of Topliss-reactive ketones (excluding diaryl/α,β-unsaturated/α-hetero) is 1. The Labute approximate surface area is 199 Å². The Balaban J connectivity index is 1.68. The van der Waals surface area contributed by atoms with Crippen LogP contribution in [0.25, 0.3) is 0 Å². The fourth-order valence-electron chi connectivity index (χ4n) is 2.82. The number of carboxylic acid groups (broad SMARTS) is 1. The summed E-state index contributed by atoms with van der Waals surface area (Å²) in [5.41, 5.74) is 1.35. The van der Waals surface area contributed by atoms with Crippen LogP contribution in [0.3, 0.4) is 0 Å². The van der Waals surface area contributed by atoms with Gasteiger partial charge < -0.3 is 19.3 Å². The Bertz CT molecular complexity index is 1250. The number of carboxylic acids is 1. The van der Waals surface area contributed by atoms with Crippen LogP contribution in [-0.2, 0) is 4.79 Å². The molecule has 1 N–H and O–H groups in total. The van der Waals surface area contributed by atoms with E-state index in [0.717, 1.165) is 0 Å². The quantitative estimate of drug-likeness (QED) is 0.387. The summed E-state index contributed by atoms with van der Waals surface area (Å²) in [6.07, 6.45) is 0. The van der Waals surface area contributed by atoms with E-state index in [4.69, 9.17) is 47.8 Å². The number of hydrogen-bond donors (Lipinski definition) is 1. The molecule has 0 aliphatic heterocycles. The molecule has 0 fully saturated rings. The topological polar surface area (TPSA) is 106 Å². The van der Waals surface area contributed by atoms with Gasteiger partial charge in [0.15, 0.2) is 19.0 Å². The SMILES string of the molecule is Cc1cc(C(=O)COc2ccc(Cl)c(Oc3cc(Cl)cc(C#N)c3)c2)ccc1OCC(=O)O. The first kappa shape index (κ1) is 23.9. The van der Waals surface area contributed by atoms with E-state index in [1.807, 2.05) is 6.07 Å². The number of hydrogen-bond acceptors (Lipinski definition) is 6. The van der Waals surface area contributed by atoms with Crippen molar-refractivity contribution in [2.75, 3.05) is 13.2 Å². The van der Waals surface area contributed by atoms with Crippen LogP contribution in [0.4, 0.5) is 0 Å². The van der Waals surface area contributed by atoms with Crippen molar-refractivity contribution in [1.82, 2.24) is 0 Å². The van der Waals surface area contributed by atoms with Crippen molar-refractivity contribution in [1.29, 1.82) is 5.26 Å². The highest BCUT2D eigenvalue weighted by molar-refractivity contribution is 6.32. The van der Waals surface area contributed by atoms with Crippen molar-refractivity contribution in [2.24, 2.45) is 0 Å². The lowest BCUT2D eigenvalue weighted by Crippen LogP contribution is -2.13. The minimum Gasteiger partial charge on any atom is -0.485 e. The first-order chi connectivity index (χ1) is 15.7. The van der Waals surface area contributed by atoms with Crippen molar-refractivity contribution in [2.45, 2.75) is 6.92 Å². The summed E-state index contributed by atoms with van der Waals surface area (Å²) in [4.78, 5) is 23.2. The minimum atomic E-state index is -1.09. The molecule has 0 spiro atoms. The third kappa shape index (κ3) is 6.62. The minimum absolute atomic E-state index is 0.244. The van der Waals surface area contributed by atoms with Crippen LogP contribution in [0.1, 0.15) is 21.5 Å². The molecule has 0 radical (unpaired) electrons. The fourth-order valence-corrected chi connectivity index (χ4v) is 3.20. The number of halogens is 2. The van der Waals surface area contributed by atoms with Crippen molar-refractivity contribution in [3.8, 4) is 29.1 Å². The van der Waals surface area contributed by atoms with Gasteiger partial charge in [-0.25, -0.2) is 4.79 Å². The normalized spacial score (nSPS) is 10.2. The van der Waals surface area contributed by atoms with E-state index in [2.05, 4.69) is 0 Å². The number of ether oxygens (including phenoxy) is 3. The predicted molar refractivity (Wildman–Crippen MR) is 122 cm³/mol. The summed E-state index contributed by atoms with van der Waals surface area (Å²) >= 11 is 12.2. The van der Waals surface area contributed by atoms with Crippen LogP contribution >= 0.6 is 23.2 Å². The Morgan fingerprint density at radius 3 is 2.42 bits per heavy atom. The van der Waals surface area contributed by atoms with Gasteiger partial charge >= 0.3 is 5.97 Å². The second kappa shape index (κ2) is 10.7. The van der Waals surface area contributed by atoms with Crippen LogP contribution in [0, 0.1) is 18.3 Å². The Kier molecular flexibility index (Phi) is 7.78. The summed E-state index contributed by atoms with van der Waals surface area (Å²) < 4.78 is 16.5.